The summed E-state index contributed by atoms with van der Waals surface area (Å²) in [4.78, 5) is 11.6. The smallest absolute Gasteiger partial charge is 0.315 e. The van der Waals surface area contributed by atoms with Crippen molar-refractivity contribution in [1.82, 2.24) is 10.6 Å². The molecule has 0 saturated heterocycles. The molecule has 6 heteroatoms. The van der Waals surface area contributed by atoms with Crippen LogP contribution in [-0.4, -0.2) is 26.8 Å². The van der Waals surface area contributed by atoms with Gasteiger partial charge in [0.2, 0.25) is 0 Å². The Bertz CT molecular complexity index is 611. The molecule has 6 nitrogen and oxygen atoms in total. The van der Waals surface area contributed by atoms with Gasteiger partial charge in [-0.2, -0.15) is 0 Å². The number of methoxy groups -OCH3 is 2. The van der Waals surface area contributed by atoms with Gasteiger partial charge in [-0.3, -0.25) is 0 Å². The summed E-state index contributed by atoms with van der Waals surface area (Å²) in [6.07, 6.45) is 4.88. The van der Waals surface area contributed by atoms with E-state index in [1.54, 1.807) is 26.7 Å². The van der Waals surface area contributed by atoms with Gasteiger partial charge in [-0.25, -0.2) is 4.79 Å². The lowest BCUT2D eigenvalue weighted by molar-refractivity contribution is 0.240. The minimum atomic E-state index is -0.182. The zero-order valence-corrected chi connectivity index (χ0v) is 13.4. The van der Waals surface area contributed by atoms with Crippen molar-refractivity contribution in [3.63, 3.8) is 0 Å². The van der Waals surface area contributed by atoms with E-state index in [1.165, 1.54) is 0 Å². The lowest BCUT2D eigenvalue weighted by Gasteiger charge is -2.10. The highest BCUT2D eigenvalue weighted by molar-refractivity contribution is 5.73. The van der Waals surface area contributed by atoms with Crippen molar-refractivity contribution in [2.75, 3.05) is 20.8 Å². The Morgan fingerprint density at radius 1 is 1.09 bits per heavy atom. The predicted molar refractivity (Wildman–Crippen MR) is 86.8 cm³/mol. The third-order valence-electron chi connectivity index (χ3n) is 3.41. The predicted octanol–water partition coefficient (Wildman–Crippen LogP) is 2.73. The zero-order chi connectivity index (χ0) is 16.5. The molecule has 0 spiro atoms. The minimum absolute atomic E-state index is 0.182. The molecule has 1 aromatic heterocycles. The topological polar surface area (TPSA) is 72.7 Å². The molecule has 0 aliphatic heterocycles. The lowest BCUT2D eigenvalue weighted by atomic mass is 10.1. The summed E-state index contributed by atoms with van der Waals surface area (Å²) in [5.74, 6) is 1.43. The van der Waals surface area contributed by atoms with Crippen molar-refractivity contribution in [2.24, 2.45) is 0 Å². The van der Waals surface area contributed by atoms with Crippen LogP contribution in [0.1, 0.15) is 17.5 Å². The molecule has 2 N–H and O–H groups in total. The van der Waals surface area contributed by atoms with E-state index in [-0.39, 0.29) is 6.03 Å². The van der Waals surface area contributed by atoms with Crippen molar-refractivity contribution >= 4 is 6.03 Å². The van der Waals surface area contributed by atoms with Crippen LogP contribution in [0.15, 0.2) is 41.2 Å². The zero-order valence-electron chi connectivity index (χ0n) is 13.4. The van der Waals surface area contributed by atoms with E-state index in [1.807, 2.05) is 24.3 Å². The van der Waals surface area contributed by atoms with Gasteiger partial charge in [-0.05, 0) is 36.6 Å². The second-order valence-corrected chi connectivity index (χ2v) is 5.03. The first-order valence-electron chi connectivity index (χ1n) is 7.46. The maximum atomic E-state index is 11.6. The summed E-state index contributed by atoms with van der Waals surface area (Å²) < 4.78 is 15.4. The van der Waals surface area contributed by atoms with E-state index in [2.05, 4.69) is 10.6 Å². The van der Waals surface area contributed by atoms with E-state index in [4.69, 9.17) is 13.9 Å². The highest BCUT2D eigenvalue weighted by Gasteiger charge is 2.05. The molecule has 0 fully saturated rings. The fraction of sp³-hybridized carbons (Fsp3) is 0.353. The van der Waals surface area contributed by atoms with Crippen LogP contribution < -0.4 is 20.1 Å². The number of hydrogen-bond donors (Lipinski definition) is 2. The van der Waals surface area contributed by atoms with Gasteiger partial charge in [-0.1, -0.05) is 6.07 Å². The largest absolute Gasteiger partial charge is 0.493 e. The normalized spacial score (nSPS) is 10.2. The Hall–Kier alpha value is -2.63. The number of carbonyl (C=O) groups excluding carboxylic acids is 1. The first kappa shape index (κ1) is 16.7. The lowest BCUT2D eigenvalue weighted by Crippen LogP contribution is -2.35. The number of amides is 2. The number of aryl methyl sites for hydroxylation is 1. The molecule has 23 heavy (non-hydrogen) atoms. The molecule has 0 aliphatic rings. The molecule has 2 amide bonds. The second-order valence-electron chi connectivity index (χ2n) is 5.03. The van der Waals surface area contributed by atoms with Gasteiger partial charge < -0.3 is 24.5 Å². The van der Waals surface area contributed by atoms with Crippen LogP contribution in [0.25, 0.3) is 0 Å². The number of urea groups is 1. The number of carbonyl (C=O) groups is 1. The standard InChI is InChI=1S/C17H22N2O4/c1-21-15-6-5-13(10-16(15)22-2)4-3-8-18-17(20)19-11-14-7-9-23-12-14/h5-7,9-10,12H,3-4,8,11H2,1-2H3,(H2,18,19,20). The van der Waals surface area contributed by atoms with Crippen LogP contribution in [0, 0.1) is 0 Å². The molecule has 0 atom stereocenters. The highest BCUT2D eigenvalue weighted by atomic mass is 16.5. The molecule has 124 valence electrons. The van der Waals surface area contributed by atoms with E-state index in [0.29, 0.717) is 18.8 Å². The summed E-state index contributed by atoms with van der Waals surface area (Å²) in [5, 5.41) is 5.60. The molecular formula is C17H22N2O4. The van der Waals surface area contributed by atoms with Gasteiger partial charge in [0.15, 0.2) is 11.5 Å². The monoisotopic (exact) mass is 318 g/mol. The average Bonchev–Trinajstić information content (AvgIpc) is 3.10. The van der Waals surface area contributed by atoms with Crippen molar-refractivity contribution in [2.45, 2.75) is 19.4 Å². The van der Waals surface area contributed by atoms with Crippen LogP contribution >= 0.6 is 0 Å². The van der Waals surface area contributed by atoms with E-state index in [9.17, 15) is 4.79 Å². The van der Waals surface area contributed by atoms with Crippen molar-refractivity contribution in [1.29, 1.82) is 0 Å². The minimum Gasteiger partial charge on any atom is -0.493 e. The second kappa shape index (κ2) is 8.73. The van der Waals surface area contributed by atoms with Gasteiger partial charge in [0.1, 0.15) is 0 Å². The molecule has 0 radical (unpaired) electrons. The van der Waals surface area contributed by atoms with Crippen LogP contribution in [-0.2, 0) is 13.0 Å². The summed E-state index contributed by atoms with van der Waals surface area (Å²) in [6.45, 7) is 1.06. The van der Waals surface area contributed by atoms with Gasteiger partial charge in [0.05, 0.1) is 26.7 Å². The number of ether oxygens (including phenoxy) is 2. The number of nitrogens with one attached hydrogen (secondary N) is 2. The molecular weight excluding hydrogens is 296 g/mol. The first-order valence-corrected chi connectivity index (χ1v) is 7.46. The summed E-state index contributed by atoms with van der Waals surface area (Å²) in [6, 6.07) is 7.48. The highest BCUT2D eigenvalue weighted by Crippen LogP contribution is 2.27. The van der Waals surface area contributed by atoms with Crippen LogP contribution in [0.4, 0.5) is 4.79 Å². The van der Waals surface area contributed by atoms with Crippen molar-refractivity contribution in [3.8, 4) is 11.5 Å². The molecule has 2 rings (SSSR count). The quantitative estimate of drug-likeness (QED) is 0.734. The Morgan fingerprint density at radius 2 is 1.91 bits per heavy atom. The maximum Gasteiger partial charge on any atom is 0.315 e. The van der Waals surface area contributed by atoms with Crippen molar-refractivity contribution in [3.05, 3.63) is 47.9 Å². The third kappa shape index (κ3) is 5.25. The molecule has 1 heterocycles. The fourth-order valence-corrected chi connectivity index (χ4v) is 2.17. The molecule has 2 aromatic rings. The van der Waals surface area contributed by atoms with Gasteiger partial charge in [0.25, 0.3) is 0 Å². The molecule has 0 aliphatic carbocycles. The fourth-order valence-electron chi connectivity index (χ4n) is 2.17. The summed E-state index contributed by atoms with van der Waals surface area (Å²) >= 11 is 0. The van der Waals surface area contributed by atoms with Crippen LogP contribution in [0.5, 0.6) is 11.5 Å². The van der Waals surface area contributed by atoms with Gasteiger partial charge in [0, 0.05) is 18.7 Å². The van der Waals surface area contributed by atoms with Crippen LogP contribution in [0.3, 0.4) is 0 Å². The van der Waals surface area contributed by atoms with E-state index in [0.717, 1.165) is 29.7 Å². The Labute approximate surface area is 135 Å². The maximum absolute atomic E-state index is 11.6. The Kier molecular flexibility index (Phi) is 6.35. The molecule has 1 aromatic carbocycles. The average molecular weight is 318 g/mol. The first-order chi connectivity index (χ1) is 11.2. The summed E-state index contributed by atoms with van der Waals surface area (Å²) in [5.41, 5.74) is 2.08. The summed E-state index contributed by atoms with van der Waals surface area (Å²) in [7, 11) is 3.23. The van der Waals surface area contributed by atoms with E-state index < -0.39 is 0 Å². The number of benzene rings is 1. The van der Waals surface area contributed by atoms with Crippen LogP contribution in [0.2, 0.25) is 0 Å². The van der Waals surface area contributed by atoms with Gasteiger partial charge >= 0.3 is 6.03 Å². The number of hydrogen-bond acceptors (Lipinski definition) is 4. The molecule has 0 bridgehead atoms. The number of furan rings is 1. The third-order valence-corrected chi connectivity index (χ3v) is 3.41. The Morgan fingerprint density at radius 3 is 2.61 bits per heavy atom. The van der Waals surface area contributed by atoms with Crippen molar-refractivity contribution < 1.29 is 18.7 Å². The number of rotatable bonds is 8. The molecule has 0 saturated carbocycles. The Balaban J connectivity index is 1.67. The van der Waals surface area contributed by atoms with Gasteiger partial charge in [-0.15, -0.1) is 0 Å². The van der Waals surface area contributed by atoms with E-state index >= 15 is 0 Å². The molecule has 0 unspecified atom stereocenters. The SMILES string of the molecule is COc1ccc(CCCNC(=O)NCc2ccoc2)cc1OC.